The van der Waals surface area contributed by atoms with Crippen LogP contribution in [0.15, 0.2) is 48.5 Å². The highest BCUT2D eigenvalue weighted by molar-refractivity contribution is 5.94. The van der Waals surface area contributed by atoms with Gasteiger partial charge >= 0.3 is 11.9 Å². The zero-order valence-electron chi connectivity index (χ0n) is 11.7. The minimum atomic E-state index is -0.513. The second-order valence-electron chi connectivity index (χ2n) is 4.08. The third kappa shape index (κ3) is 3.20. The lowest BCUT2D eigenvalue weighted by Gasteiger charge is -2.12. The molecule has 0 atom stereocenters. The Morgan fingerprint density at radius 2 is 1.10 bits per heavy atom. The number of para-hydroxylation sites is 2. The van der Waals surface area contributed by atoms with E-state index < -0.39 is 11.9 Å². The van der Waals surface area contributed by atoms with Crippen molar-refractivity contribution in [2.45, 2.75) is 0 Å². The molecule has 0 aromatic heterocycles. The molecule has 0 aliphatic heterocycles. The average molecular weight is 286 g/mol. The summed E-state index contributed by atoms with van der Waals surface area (Å²) in [7, 11) is 2.59. The van der Waals surface area contributed by atoms with Crippen molar-refractivity contribution in [3.8, 4) is 11.5 Å². The summed E-state index contributed by atoms with van der Waals surface area (Å²) >= 11 is 0. The molecule has 2 aromatic rings. The van der Waals surface area contributed by atoms with Crippen LogP contribution in [0.4, 0.5) is 0 Å². The first-order chi connectivity index (χ1) is 10.2. The molecule has 0 unspecified atom stereocenters. The Hall–Kier alpha value is -2.82. The molecular formula is C16H14O5. The molecule has 0 heterocycles. The van der Waals surface area contributed by atoms with E-state index in [0.717, 1.165) is 0 Å². The van der Waals surface area contributed by atoms with E-state index in [1.807, 2.05) is 0 Å². The maximum Gasteiger partial charge on any atom is 0.341 e. The van der Waals surface area contributed by atoms with Gasteiger partial charge in [-0.1, -0.05) is 24.3 Å². The van der Waals surface area contributed by atoms with E-state index in [1.54, 1.807) is 48.5 Å². The van der Waals surface area contributed by atoms with Crippen LogP contribution in [0.3, 0.4) is 0 Å². The summed E-state index contributed by atoms with van der Waals surface area (Å²) in [5.74, 6) is -0.413. The normalized spacial score (nSPS) is 9.81. The van der Waals surface area contributed by atoms with Gasteiger partial charge in [0.1, 0.15) is 22.6 Å². The van der Waals surface area contributed by atoms with Crippen molar-refractivity contribution in [3.63, 3.8) is 0 Å². The molecule has 2 aromatic carbocycles. The van der Waals surface area contributed by atoms with Gasteiger partial charge < -0.3 is 14.2 Å². The summed E-state index contributed by atoms with van der Waals surface area (Å²) in [4.78, 5) is 23.4. The monoisotopic (exact) mass is 286 g/mol. The van der Waals surface area contributed by atoms with E-state index in [1.165, 1.54) is 14.2 Å². The van der Waals surface area contributed by atoms with Gasteiger partial charge in [-0.3, -0.25) is 0 Å². The number of esters is 2. The number of carbonyl (C=O) groups is 2. The van der Waals surface area contributed by atoms with Gasteiger partial charge in [0, 0.05) is 0 Å². The molecule has 21 heavy (non-hydrogen) atoms. The minimum Gasteiger partial charge on any atom is -0.465 e. The molecule has 0 spiro atoms. The highest BCUT2D eigenvalue weighted by Gasteiger charge is 2.17. The van der Waals surface area contributed by atoms with Gasteiger partial charge in [0.05, 0.1) is 14.2 Å². The smallest absolute Gasteiger partial charge is 0.341 e. The van der Waals surface area contributed by atoms with Crippen LogP contribution in [0.2, 0.25) is 0 Å². The van der Waals surface area contributed by atoms with Crippen molar-refractivity contribution in [3.05, 3.63) is 59.7 Å². The summed E-state index contributed by atoms with van der Waals surface area (Å²) in [6.45, 7) is 0. The zero-order chi connectivity index (χ0) is 15.2. The first-order valence-electron chi connectivity index (χ1n) is 6.20. The lowest BCUT2D eigenvalue weighted by molar-refractivity contribution is 0.0593. The molecule has 0 saturated heterocycles. The molecule has 2 rings (SSSR count). The lowest BCUT2D eigenvalue weighted by Crippen LogP contribution is -2.06. The number of methoxy groups -OCH3 is 2. The molecule has 0 fully saturated rings. The largest absolute Gasteiger partial charge is 0.465 e. The molecule has 0 radical (unpaired) electrons. The van der Waals surface area contributed by atoms with Crippen molar-refractivity contribution in [2.24, 2.45) is 0 Å². The number of hydrogen-bond acceptors (Lipinski definition) is 5. The molecule has 5 heteroatoms. The Morgan fingerprint density at radius 1 is 0.714 bits per heavy atom. The zero-order valence-corrected chi connectivity index (χ0v) is 11.7. The van der Waals surface area contributed by atoms with E-state index in [4.69, 9.17) is 14.2 Å². The van der Waals surface area contributed by atoms with Crippen LogP contribution in [-0.2, 0) is 9.47 Å². The first-order valence-corrected chi connectivity index (χ1v) is 6.20. The second kappa shape index (κ2) is 6.56. The van der Waals surface area contributed by atoms with Crippen molar-refractivity contribution >= 4 is 11.9 Å². The Labute approximate surface area is 122 Å². The quantitative estimate of drug-likeness (QED) is 0.808. The molecule has 0 amide bonds. The summed E-state index contributed by atoms with van der Waals surface area (Å²) in [5, 5.41) is 0. The number of carbonyl (C=O) groups excluding carboxylic acids is 2. The fourth-order valence-corrected chi connectivity index (χ4v) is 1.79. The van der Waals surface area contributed by atoms with Gasteiger partial charge in [0.25, 0.3) is 0 Å². The average Bonchev–Trinajstić information content (AvgIpc) is 2.54. The summed E-state index contributed by atoms with van der Waals surface area (Å²) in [6.07, 6.45) is 0. The van der Waals surface area contributed by atoms with E-state index >= 15 is 0 Å². The highest BCUT2D eigenvalue weighted by atomic mass is 16.5. The summed E-state index contributed by atoms with van der Waals surface area (Å²) in [6, 6.07) is 13.3. The standard InChI is InChI=1S/C16H14O5/c1-19-15(17)11-7-3-5-9-13(11)21-14-10-6-4-8-12(14)16(18)20-2/h3-10H,1-2H3. The molecule has 0 bridgehead atoms. The van der Waals surface area contributed by atoms with E-state index in [0.29, 0.717) is 11.5 Å². The Morgan fingerprint density at radius 3 is 1.48 bits per heavy atom. The number of ether oxygens (including phenoxy) is 3. The minimum absolute atomic E-state index is 0.277. The van der Waals surface area contributed by atoms with Crippen LogP contribution in [0.1, 0.15) is 20.7 Å². The van der Waals surface area contributed by atoms with E-state index in [9.17, 15) is 9.59 Å². The fourth-order valence-electron chi connectivity index (χ4n) is 1.79. The van der Waals surface area contributed by atoms with Crippen LogP contribution in [0, 0.1) is 0 Å². The maximum atomic E-state index is 11.7. The summed E-state index contributed by atoms with van der Waals surface area (Å²) in [5.41, 5.74) is 0.555. The maximum absolute atomic E-state index is 11.7. The first kappa shape index (κ1) is 14.6. The van der Waals surface area contributed by atoms with Crippen molar-refractivity contribution in [2.75, 3.05) is 14.2 Å². The van der Waals surface area contributed by atoms with Gasteiger partial charge in [-0.05, 0) is 24.3 Å². The van der Waals surface area contributed by atoms with Gasteiger partial charge in [0.15, 0.2) is 0 Å². The van der Waals surface area contributed by atoms with Crippen LogP contribution in [0.25, 0.3) is 0 Å². The topological polar surface area (TPSA) is 61.8 Å². The molecule has 0 aliphatic carbocycles. The second-order valence-corrected chi connectivity index (χ2v) is 4.08. The molecule has 5 nitrogen and oxygen atoms in total. The predicted octanol–water partition coefficient (Wildman–Crippen LogP) is 3.05. The Kier molecular flexibility index (Phi) is 4.56. The van der Waals surface area contributed by atoms with Gasteiger partial charge in [-0.25, -0.2) is 9.59 Å². The van der Waals surface area contributed by atoms with Gasteiger partial charge in [0.2, 0.25) is 0 Å². The third-order valence-corrected chi connectivity index (χ3v) is 2.80. The van der Waals surface area contributed by atoms with Crippen LogP contribution >= 0.6 is 0 Å². The molecule has 108 valence electrons. The summed E-state index contributed by atoms with van der Waals surface area (Å²) < 4.78 is 15.1. The predicted molar refractivity (Wildman–Crippen MR) is 75.6 cm³/mol. The highest BCUT2D eigenvalue weighted by Crippen LogP contribution is 2.28. The fraction of sp³-hybridized carbons (Fsp3) is 0.125. The van der Waals surface area contributed by atoms with Crippen LogP contribution in [-0.4, -0.2) is 26.2 Å². The number of rotatable bonds is 4. The molecule has 0 N–H and O–H groups in total. The third-order valence-electron chi connectivity index (χ3n) is 2.80. The molecular weight excluding hydrogens is 272 g/mol. The number of hydrogen-bond donors (Lipinski definition) is 0. The van der Waals surface area contributed by atoms with E-state index in [2.05, 4.69) is 0 Å². The van der Waals surface area contributed by atoms with Crippen molar-refractivity contribution in [1.29, 1.82) is 0 Å². The molecule has 0 saturated carbocycles. The van der Waals surface area contributed by atoms with Gasteiger partial charge in [-0.2, -0.15) is 0 Å². The Bertz CT molecular complexity index is 606. The van der Waals surface area contributed by atoms with Crippen molar-refractivity contribution in [1.82, 2.24) is 0 Å². The lowest BCUT2D eigenvalue weighted by atomic mass is 10.2. The molecule has 0 aliphatic rings. The van der Waals surface area contributed by atoms with Crippen LogP contribution < -0.4 is 4.74 Å². The van der Waals surface area contributed by atoms with Gasteiger partial charge in [-0.15, -0.1) is 0 Å². The number of benzene rings is 2. The van der Waals surface area contributed by atoms with E-state index in [-0.39, 0.29) is 11.1 Å². The van der Waals surface area contributed by atoms with Crippen molar-refractivity contribution < 1.29 is 23.8 Å². The SMILES string of the molecule is COC(=O)c1ccccc1Oc1ccccc1C(=O)OC. The van der Waals surface area contributed by atoms with Crippen LogP contribution in [0.5, 0.6) is 11.5 Å². The Balaban J connectivity index is 2.40.